The van der Waals surface area contributed by atoms with Gasteiger partial charge in [-0.05, 0) is 6.54 Å². The Labute approximate surface area is 111 Å². The average Bonchev–Trinajstić information content (AvgIpc) is 2.01. The van der Waals surface area contributed by atoms with Gasteiger partial charge in [0.15, 0.2) is 0 Å². The van der Waals surface area contributed by atoms with Crippen LogP contribution >= 0.6 is 11.6 Å². The van der Waals surface area contributed by atoms with E-state index in [4.69, 9.17) is 11.6 Å². The van der Waals surface area contributed by atoms with Crippen molar-refractivity contribution in [2.45, 2.75) is 13.3 Å². The summed E-state index contributed by atoms with van der Waals surface area (Å²) in [5, 5.41) is 0. The Kier molecular flexibility index (Phi) is 11.4. The first-order valence-electron chi connectivity index (χ1n) is 5.08. The van der Waals surface area contributed by atoms with Crippen molar-refractivity contribution >= 4 is 11.6 Å². The first kappa shape index (κ1) is 17.3. The van der Waals surface area contributed by atoms with Crippen molar-refractivity contribution in [1.29, 1.82) is 0 Å². The van der Waals surface area contributed by atoms with Crippen molar-refractivity contribution in [3.8, 4) is 0 Å². The Morgan fingerprint density at radius 1 is 1.14 bits per heavy atom. The van der Waals surface area contributed by atoms with Crippen LogP contribution in [0.2, 0.25) is 0 Å². The summed E-state index contributed by atoms with van der Waals surface area (Å²) in [6.07, 6.45) is 1.26. The standard InChI is InChI=1S/C10H24ClN2.HI/c1-5-12(9-7-11)8-6-10-13(2,3)4;/h5-10H2,1-4H3;1H/q+1;/p-1. The van der Waals surface area contributed by atoms with Gasteiger partial charge >= 0.3 is 0 Å². The maximum absolute atomic E-state index is 5.70. The van der Waals surface area contributed by atoms with E-state index >= 15 is 0 Å². The minimum Gasteiger partial charge on any atom is -1.00 e. The molecule has 0 aromatic carbocycles. The van der Waals surface area contributed by atoms with Crippen LogP contribution in [0, 0.1) is 0 Å². The first-order chi connectivity index (χ1) is 5.99. The number of halogens is 2. The Morgan fingerprint density at radius 3 is 2.07 bits per heavy atom. The third-order valence-electron chi connectivity index (χ3n) is 2.15. The van der Waals surface area contributed by atoms with E-state index in [1.54, 1.807) is 0 Å². The van der Waals surface area contributed by atoms with Crippen LogP contribution in [-0.2, 0) is 0 Å². The second-order valence-electron chi connectivity index (χ2n) is 4.49. The molecular weight excluding hydrogens is 310 g/mol. The number of hydrogen-bond acceptors (Lipinski definition) is 1. The zero-order chi connectivity index (χ0) is 10.3. The summed E-state index contributed by atoms with van der Waals surface area (Å²) in [6.45, 7) is 6.75. The molecule has 0 saturated heterocycles. The van der Waals surface area contributed by atoms with Crippen LogP contribution in [0.15, 0.2) is 0 Å². The molecule has 0 atom stereocenters. The highest BCUT2D eigenvalue weighted by atomic mass is 127. The Bertz CT molecular complexity index is 126. The molecule has 0 amide bonds. The lowest BCUT2D eigenvalue weighted by Gasteiger charge is -2.26. The zero-order valence-electron chi connectivity index (χ0n) is 9.89. The molecule has 0 aromatic heterocycles. The molecule has 88 valence electrons. The molecule has 0 aromatic rings. The lowest BCUT2D eigenvalue weighted by Crippen LogP contribution is -3.00. The Hall–Kier alpha value is 0.940. The topological polar surface area (TPSA) is 3.24 Å². The molecule has 2 nitrogen and oxygen atoms in total. The quantitative estimate of drug-likeness (QED) is 0.316. The smallest absolute Gasteiger partial charge is 0.0792 e. The Morgan fingerprint density at radius 2 is 1.71 bits per heavy atom. The van der Waals surface area contributed by atoms with E-state index in [1.165, 1.54) is 19.5 Å². The van der Waals surface area contributed by atoms with E-state index in [9.17, 15) is 0 Å². The molecular formula is C10H24ClIN2. The zero-order valence-corrected chi connectivity index (χ0v) is 12.8. The molecule has 14 heavy (non-hydrogen) atoms. The van der Waals surface area contributed by atoms with E-state index in [0.717, 1.165) is 23.5 Å². The summed E-state index contributed by atoms with van der Waals surface area (Å²) < 4.78 is 1.05. The van der Waals surface area contributed by atoms with Crippen LogP contribution < -0.4 is 24.0 Å². The van der Waals surface area contributed by atoms with Gasteiger partial charge in [0, 0.05) is 25.4 Å². The van der Waals surface area contributed by atoms with Crippen LogP contribution in [-0.4, -0.2) is 62.6 Å². The summed E-state index contributed by atoms with van der Waals surface area (Å²) >= 11 is 5.70. The molecule has 0 spiro atoms. The van der Waals surface area contributed by atoms with E-state index in [1.807, 2.05) is 0 Å². The highest BCUT2D eigenvalue weighted by Gasteiger charge is 2.07. The van der Waals surface area contributed by atoms with Crippen molar-refractivity contribution in [3.05, 3.63) is 0 Å². The van der Waals surface area contributed by atoms with E-state index in [2.05, 4.69) is 33.0 Å². The highest BCUT2D eigenvalue weighted by Crippen LogP contribution is 1.97. The van der Waals surface area contributed by atoms with Crippen LogP contribution in [0.1, 0.15) is 13.3 Å². The average molecular weight is 335 g/mol. The first-order valence-corrected chi connectivity index (χ1v) is 5.62. The van der Waals surface area contributed by atoms with Gasteiger partial charge in [-0.1, -0.05) is 6.92 Å². The minimum absolute atomic E-state index is 0. The maximum Gasteiger partial charge on any atom is 0.0792 e. The van der Waals surface area contributed by atoms with Crippen LogP contribution in [0.5, 0.6) is 0 Å². The van der Waals surface area contributed by atoms with E-state index < -0.39 is 0 Å². The van der Waals surface area contributed by atoms with Crippen LogP contribution in [0.4, 0.5) is 0 Å². The summed E-state index contributed by atoms with van der Waals surface area (Å²) in [5.41, 5.74) is 0. The fourth-order valence-electron chi connectivity index (χ4n) is 1.32. The molecule has 0 bridgehead atoms. The SMILES string of the molecule is CCN(CCCl)CCC[N+](C)(C)C.[I-]. The molecule has 0 heterocycles. The molecule has 0 saturated carbocycles. The van der Waals surface area contributed by atoms with Crippen molar-refractivity contribution in [2.24, 2.45) is 0 Å². The predicted octanol–water partition coefficient (Wildman–Crippen LogP) is -1.35. The summed E-state index contributed by atoms with van der Waals surface area (Å²) in [7, 11) is 6.70. The van der Waals surface area contributed by atoms with Gasteiger partial charge in [0.25, 0.3) is 0 Å². The van der Waals surface area contributed by atoms with E-state index in [-0.39, 0.29) is 24.0 Å². The monoisotopic (exact) mass is 334 g/mol. The van der Waals surface area contributed by atoms with Gasteiger partial charge in [-0.15, -0.1) is 11.6 Å². The normalized spacial score (nSPS) is 11.6. The van der Waals surface area contributed by atoms with Crippen LogP contribution in [0.3, 0.4) is 0 Å². The fraction of sp³-hybridized carbons (Fsp3) is 1.00. The number of nitrogens with zero attached hydrogens (tertiary/aromatic N) is 2. The molecule has 0 rings (SSSR count). The predicted molar refractivity (Wildman–Crippen MR) is 60.4 cm³/mol. The second-order valence-corrected chi connectivity index (χ2v) is 4.87. The van der Waals surface area contributed by atoms with Gasteiger partial charge in [0.1, 0.15) is 0 Å². The molecule has 4 heteroatoms. The van der Waals surface area contributed by atoms with Crippen LogP contribution in [0.25, 0.3) is 0 Å². The lowest BCUT2D eigenvalue weighted by molar-refractivity contribution is -0.870. The van der Waals surface area contributed by atoms with Gasteiger partial charge in [-0.25, -0.2) is 0 Å². The number of alkyl halides is 1. The number of hydrogen-bond donors (Lipinski definition) is 0. The third-order valence-corrected chi connectivity index (χ3v) is 2.32. The molecule has 0 aliphatic heterocycles. The highest BCUT2D eigenvalue weighted by molar-refractivity contribution is 6.18. The van der Waals surface area contributed by atoms with Gasteiger partial charge in [-0.2, -0.15) is 0 Å². The van der Waals surface area contributed by atoms with E-state index in [0.29, 0.717) is 0 Å². The molecule has 0 fully saturated rings. The molecule has 0 aliphatic rings. The lowest BCUT2D eigenvalue weighted by atomic mass is 10.3. The maximum atomic E-state index is 5.70. The van der Waals surface area contributed by atoms with Crippen molar-refractivity contribution < 1.29 is 28.5 Å². The van der Waals surface area contributed by atoms with Gasteiger partial charge in [0.05, 0.1) is 27.7 Å². The second kappa shape index (κ2) is 9.19. The molecule has 0 N–H and O–H groups in total. The largest absolute Gasteiger partial charge is 1.00 e. The molecule has 0 unspecified atom stereocenters. The fourth-order valence-corrected chi connectivity index (χ4v) is 1.56. The van der Waals surface area contributed by atoms with Gasteiger partial charge in [-0.3, -0.25) is 0 Å². The Balaban J connectivity index is 0. The third kappa shape index (κ3) is 11.0. The summed E-state index contributed by atoms with van der Waals surface area (Å²) in [5.74, 6) is 0.748. The molecule has 0 aliphatic carbocycles. The van der Waals surface area contributed by atoms with Crippen molar-refractivity contribution in [2.75, 3.05) is 53.2 Å². The molecule has 0 radical (unpaired) electrons. The van der Waals surface area contributed by atoms with Gasteiger partial charge < -0.3 is 33.4 Å². The number of rotatable bonds is 7. The summed E-state index contributed by atoms with van der Waals surface area (Å²) in [4.78, 5) is 2.41. The van der Waals surface area contributed by atoms with Crippen molar-refractivity contribution in [1.82, 2.24) is 4.90 Å². The van der Waals surface area contributed by atoms with Crippen molar-refractivity contribution in [3.63, 3.8) is 0 Å². The number of quaternary nitrogens is 1. The summed E-state index contributed by atoms with van der Waals surface area (Å²) in [6, 6.07) is 0. The minimum atomic E-state index is 0. The van der Waals surface area contributed by atoms with Gasteiger partial charge in [0.2, 0.25) is 0 Å².